The molecule has 23 heavy (non-hydrogen) atoms. The van der Waals surface area contributed by atoms with Crippen molar-refractivity contribution in [1.82, 2.24) is 0 Å². The zero-order chi connectivity index (χ0) is 16.6. The third kappa shape index (κ3) is 2.98. The van der Waals surface area contributed by atoms with Crippen molar-refractivity contribution >= 4 is 5.57 Å². The summed E-state index contributed by atoms with van der Waals surface area (Å²) in [6, 6.07) is 6.69. The van der Waals surface area contributed by atoms with E-state index in [1.54, 1.807) is 12.1 Å². The molecule has 1 nitrogen and oxygen atoms in total. The Morgan fingerprint density at radius 2 is 1.74 bits per heavy atom. The Morgan fingerprint density at radius 3 is 2.39 bits per heavy atom. The van der Waals surface area contributed by atoms with Crippen molar-refractivity contribution in [1.29, 1.82) is 0 Å². The van der Waals surface area contributed by atoms with Gasteiger partial charge in [0.05, 0.1) is 0 Å². The fraction of sp³-hybridized carbons (Fsp3) is 0.263. The van der Waals surface area contributed by atoms with E-state index in [4.69, 9.17) is 5.11 Å². The zero-order valence-corrected chi connectivity index (χ0v) is 12.7. The third-order valence-electron chi connectivity index (χ3n) is 4.36. The van der Waals surface area contributed by atoms with Crippen LogP contribution in [-0.2, 0) is 0 Å². The molecule has 1 atom stereocenters. The number of allylic oxidation sites excluding steroid dienone is 2. The van der Waals surface area contributed by atoms with E-state index in [2.05, 4.69) is 6.92 Å². The molecule has 0 heterocycles. The van der Waals surface area contributed by atoms with E-state index in [0.29, 0.717) is 11.5 Å². The normalized spacial score (nSPS) is 17.9. The molecule has 0 spiro atoms. The lowest BCUT2D eigenvalue weighted by molar-refractivity contribution is 0.408. The van der Waals surface area contributed by atoms with E-state index in [0.717, 1.165) is 30.9 Å². The van der Waals surface area contributed by atoms with E-state index in [1.807, 2.05) is 6.08 Å². The van der Waals surface area contributed by atoms with Gasteiger partial charge in [0.15, 0.2) is 11.6 Å². The van der Waals surface area contributed by atoms with E-state index >= 15 is 0 Å². The van der Waals surface area contributed by atoms with Crippen LogP contribution in [0.4, 0.5) is 13.2 Å². The molecule has 3 rings (SSSR count). The van der Waals surface area contributed by atoms with Crippen molar-refractivity contribution in [2.24, 2.45) is 5.92 Å². The van der Waals surface area contributed by atoms with Gasteiger partial charge in [0, 0.05) is 11.1 Å². The molecular formula is C19H17F3O. The topological polar surface area (TPSA) is 20.2 Å². The lowest BCUT2D eigenvalue weighted by Gasteiger charge is -2.19. The number of halogens is 3. The summed E-state index contributed by atoms with van der Waals surface area (Å²) < 4.78 is 41.8. The summed E-state index contributed by atoms with van der Waals surface area (Å²) in [6.07, 6.45) is 4.81. The van der Waals surface area contributed by atoms with Crippen LogP contribution in [0.1, 0.15) is 31.7 Å². The largest absolute Gasteiger partial charge is 0.505 e. The average Bonchev–Trinajstić information content (AvgIpc) is 2.54. The number of aromatic hydroxyl groups is 1. The van der Waals surface area contributed by atoms with Gasteiger partial charge < -0.3 is 5.11 Å². The predicted octanol–water partition coefficient (Wildman–Crippen LogP) is 5.68. The molecule has 0 fully saturated rings. The first-order valence-corrected chi connectivity index (χ1v) is 7.63. The van der Waals surface area contributed by atoms with Gasteiger partial charge in [-0.25, -0.2) is 8.78 Å². The lowest BCUT2D eigenvalue weighted by Crippen LogP contribution is -2.02. The lowest BCUT2D eigenvalue weighted by atomic mass is 9.87. The Kier molecular flexibility index (Phi) is 4.16. The first-order valence-electron chi connectivity index (χ1n) is 7.63. The number of hydrogen-bond acceptors (Lipinski definition) is 1. The van der Waals surface area contributed by atoms with Crippen LogP contribution in [0.5, 0.6) is 5.75 Å². The first-order chi connectivity index (χ1) is 11.0. The summed E-state index contributed by atoms with van der Waals surface area (Å²) in [5, 5.41) is 9.17. The number of benzene rings is 2. The SMILES string of the molecule is CC1CC=C(c2ccc(-c3ccc(O)c(F)c3F)cc2F)CC1. The number of rotatable bonds is 2. The summed E-state index contributed by atoms with van der Waals surface area (Å²) in [4.78, 5) is 0. The van der Waals surface area contributed by atoms with Gasteiger partial charge in [0.2, 0.25) is 5.82 Å². The Balaban J connectivity index is 1.99. The highest BCUT2D eigenvalue weighted by Crippen LogP contribution is 2.34. The second-order valence-corrected chi connectivity index (χ2v) is 6.06. The van der Waals surface area contributed by atoms with Gasteiger partial charge in [-0.05, 0) is 54.5 Å². The molecule has 0 aliphatic heterocycles. The van der Waals surface area contributed by atoms with Crippen LogP contribution in [0.25, 0.3) is 16.7 Å². The Hall–Kier alpha value is -2.23. The molecule has 2 aromatic rings. The van der Waals surface area contributed by atoms with Crippen LogP contribution in [0.2, 0.25) is 0 Å². The molecule has 0 saturated carbocycles. The minimum Gasteiger partial charge on any atom is -0.505 e. The first kappa shape index (κ1) is 15.7. The standard InChI is InChI=1S/C19H17F3O/c1-11-2-4-12(5-3-11)14-7-6-13(10-16(14)20)15-8-9-17(23)19(22)18(15)21/h4,6-11,23H,2-3,5H2,1H3. The fourth-order valence-corrected chi connectivity index (χ4v) is 2.92. The molecule has 1 aliphatic carbocycles. The zero-order valence-electron chi connectivity index (χ0n) is 12.7. The molecule has 0 aromatic heterocycles. The molecule has 1 unspecified atom stereocenters. The summed E-state index contributed by atoms with van der Waals surface area (Å²) in [6.45, 7) is 2.16. The van der Waals surface area contributed by atoms with Gasteiger partial charge >= 0.3 is 0 Å². The van der Waals surface area contributed by atoms with Crippen molar-refractivity contribution < 1.29 is 18.3 Å². The fourth-order valence-electron chi connectivity index (χ4n) is 2.92. The van der Waals surface area contributed by atoms with Crippen molar-refractivity contribution in [2.45, 2.75) is 26.2 Å². The molecule has 1 aliphatic rings. The van der Waals surface area contributed by atoms with E-state index in [9.17, 15) is 13.2 Å². The maximum absolute atomic E-state index is 14.4. The molecule has 0 saturated heterocycles. The molecular weight excluding hydrogens is 301 g/mol. The average molecular weight is 318 g/mol. The highest BCUT2D eigenvalue weighted by molar-refractivity contribution is 5.72. The Morgan fingerprint density at radius 1 is 1.00 bits per heavy atom. The van der Waals surface area contributed by atoms with Crippen LogP contribution in [-0.4, -0.2) is 5.11 Å². The molecule has 0 amide bonds. The maximum Gasteiger partial charge on any atom is 0.200 e. The van der Waals surface area contributed by atoms with Crippen LogP contribution in [0.3, 0.4) is 0 Å². The quantitative estimate of drug-likeness (QED) is 0.755. The van der Waals surface area contributed by atoms with E-state index in [-0.39, 0.29) is 11.1 Å². The maximum atomic E-state index is 14.4. The highest BCUT2D eigenvalue weighted by Gasteiger charge is 2.18. The molecule has 2 aromatic carbocycles. The van der Waals surface area contributed by atoms with E-state index in [1.165, 1.54) is 12.1 Å². The second-order valence-electron chi connectivity index (χ2n) is 6.06. The van der Waals surface area contributed by atoms with Gasteiger partial charge in [0.25, 0.3) is 0 Å². The minimum atomic E-state index is -1.32. The minimum absolute atomic E-state index is 0.0722. The highest BCUT2D eigenvalue weighted by atomic mass is 19.2. The number of phenols is 1. The van der Waals surface area contributed by atoms with Gasteiger partial charge in [-0.2, -0.15) is 4.39 Å². The van der Waals surface area contributed by atoms with E-state index < -0.39 is 23.2 Å². The summed E-state index contributed by atoms with van der Waals surface area (Å²) in [7, 11) is 0. The third-order valence-corrected chi connectivity index (χ3v) is 4.36. The van der Waals surface area contributed by atoms with Gasteiger partial charge in [-0.3, -0.25) is 0 Å². The second kappa shape index (κ2) is 6.11. The van der Waals surface area contributed by atoms with Crippen LogP contribution >= 0.6 is 0 Å². The van der Waals surface area contributed by atoms with Crippen molar-refractivity contribution in [3.63, 3.8) is 0 Å². The van der Waals surface area contributed by atoms with Gasteiger partial charge in [-0.1, -0.05) is 25.1 Å². The smallest absolute Gasteiger partial charge is 0.200 e. The van der Waals surface area contributed by atoms with Crippen molar-refractivity contribution in [3.8, 4) is 16.9 Å². The number of phenolic OH excluding ortho intramolecular Hbond substituents is 1. The molecule has 4 heteroatoms. The van der Waals surface area contributed by atoms with Gasteiger partial charge in [0.1, 0.15) is 5.82 Å². The van der Waals surface area contributed by atoms with Crippen LogP contribution in [0, 0.1) is 23.4 Å². The van der Waals surface area contributed by atoms with Crippen LogP contribution < -0.4 is 0 Å². The monoisotopic (exact) mass is 318 g/mol. The van der Waals surface area contributed by atoms with Crippen molar-refractivity contribution in [3.05, 3.63) is 59.4 Å². The molecule has 1 N–H and O–H groups in total. The summed E-state index contributed by atoms with van der Waals surface area (Å²) in [5.41, 5.74) is 1.65. The predicted molar refractivity (Wildman–Crippen MR) is 84.4 cm³/mol. The number of hydrogen-bond donors (Lipinski definition) is 1. The Labute approximate surface area is 133 Å². The van der Waals surface area contributed by atoms with Crippen LogP contribution in [0.15, 0.2) is 36.4 Å². The summed E-state index contributed by atoms with van der Waals surface area (Å²) in [5.74, 6) is -3.10. The Bertz CT molecular complexity index is 780. The summed E-state index contributed by atoms with van der Waals surface area (Å²) >= 11 is 0. The van der Waals surface area contributed by atoms with Crippen molar-refractivity contribution in [2.75, 3.05) is 0 Å². The molecule has 0 radical (unpaired) electrons. The van der Waals surface area contributed by atoms with Gasteiger partial charge in [-0.15, -0.1) is 0 Å². The molecule has 0 bridgehead atoms. The molecule has 120 valence electrons.